The number of carbonyl (C=O) groups excluding carboxylic acids is 3. The van der Waals surface area contributed by atoms with Crippen LogP contribution < -0.4 is 4.74 Å². The van der Waals surface area contributed by atoms with Crippen molar-refractivity contribution in [2.75, 3.05) is 7.11 Å². The van der Waals surface area contributed by atoms with E-state index >= 15 is 0 Å². The van der Waals surface area contributed by atoms with E-state index in [0.29, 0.717) is 11.1 Å². The first-order valence-corrected chi connectivity index (χ1v) is 10.6. The Hall–Kier alpha value is -4.14. The second kappa shape index (κ2) is 9.61. The van der Waals surface area contributed by atoms with Gasteiger partial charge in [-0.05, 0) is 47.5 Å². The number of nitrogens with zero attached hydrogens (tertiary/aromatic N) is 1. The summed E-state index contributed by atoms with van der Waals surface area (Å²) in [4.78, 5) is 39.1. The minimum atomic E-state index is -4.58. The normalized spacial score (nSPS) is 13.8. The molecule has 0 fully saturated rings. The summed E-state index contributed by atoms with van der Waals surface area (Å²) in [6.07, 6.45) is -4.42. The number of fused-ring (bicyclic) bond motifs is 1. The molecule has 0 aliphatic carbocycles. The van der Waals surface area contributed by atoms with Gasteiger partial charge in [0, 0.05) is 18.5 Å². The predicted octanol–water partition coefficient (Wildman–Crippen LogP) is 4.66. The van der Waals surface area contributed by atoms with Crippen LogP contribution in [0.25, 0.3) is 0 Å². The van der Waals surface area contributed by atoms with Crippen LogP contribution in [0, 0.1) is 0 Å². The first-order chi connectivity index (χ1) is 16.7. The SMILES string of the molecule is COC(=O)C(Cc1ccc(OC(=O)c2cccc(C(F)(F)F)c2)cc1)N1Cc2ccccc2C1=O. The lowest BCUT2D eigenvalue weighted by Gasteiger charge is -2.25. The number of esters is 2. The Labute approximate surface area is 198 Å². The largest absolute Gasteiger partial charge is 0.467 e. The highest BCUT2D eigenvalue weighted by atomic mass is 19.4. The van der Waals surface area contributed by atoms with E-state index in [0.717, 1.165) is 23.8 Å². The highest BCUT2D eigenvalue weighted by molar-refractivity contribution is 6.00. The van der Waals surface area contributed by atoms with Crippen molar-refractivity contribution in [3.63, 3.8) is 0 Å². The lowest BCUT2D eigenvalue weighted by Crippen LogP contribution is -2.43. The fourth-order valence-electron chi connectivity index (χ4n) is 3.89. The Kier molecular flexibility index (Phi) is 6.59. The van der Waals surface area contributed by atoms with Gasteiger partial charge < -0.3 is 14.4 Å². The lowest BCUT2D eigenvalue weighted by molar-refractivity contribution is -0.146. The Balaban J connectivity index is 1.46. The van der Waals surface area contributed by atoms with Gasteiger partial charge in [0.15, 0.2) is 0 Å². The molecule has 0 saturated heterocycles. The van der Waals surface area contributed by atoms with Crippen molar-refractivity contribution in [1.82, 2.24) is 4.90 Å². The monoisotopic (exact) mass is 483 g/mol. The quantitative estimate of drug-likeness (QED) is 0.377. The lowest BCUT2D eigenvalue weighted by atomic mass is 10.0. The van der Waals surface area contributed by atoms with E-state index in [1.165, 1.54) is 30.2 Å². The van der Waals surface area contributed by atoms with Gasteiger partial charge in [-0.1, -0.05) is 36.4 Å². The molecule has 0 radical (unpaired) electrons. The van der Waals surface area contributed by atoms with Crippen molar-refractivity contribution in [3.8, 4) is 5.75 Å². The molecule has 180 valence electrons. The summed E-state index contributed by atoms with van der Waals surface area (Å²) in [5.41, 5.74) is 0.848. The smallest absolute Gasteiger partial charge is 0.416 e. The van der Waals surface area contributed by atoms with Crippen LogP contribution in [0.4, 0.5) is 13.2 Å². The minimum absolute atomic E-state index is 0.121. The van der Waals surface area contributed by atoms with Crippen LogP contribution in [0.2, 0.25) is 0 Å². The molecule has 1 unspecified atom stereocenters. The van der Waals surface area contributed by atoms with Gasteiger partial charge in [-0.15, -0.1) is 0 Å². The van der Waals surface area contributed by atoms with Gasteiger partial charge in [0.25, 0.3) is 5.91 Å². The molecule has 1 amide bonds. The average Bonchev–Trinajstić information content (AvgIpc) is 3.19. The van der Waals surface area contributed by atoms with E-state index in [4.69, 9.17) is 9.47 Å². The van der Waals surface area contributed by atoms with E-state index < -0.39 is 29.7 Å². The predicted molar refractivity (Wildman–Crippen MR) is 119 cm³/mol. The number of ether oxygens (including phenoxy) is 2. The Morgan fingerprint density at radius 1 is 1.00 bits per heavy atom. The number of carbonyl (C=O) groups is 3. The molecule has 1 heterocycles. The topological polar surface area (TPSA) is 72.9 Å². The number of methoxy groups -OCH3 is 1. The van der Waals surface area contributed by atoms with Crippen LogP contribution in [0.15, 0.2) is 72.8 Å². The van der Waals surface area contributed by atoms with Crippen molar-refractivity contribution >= 4 is 17.8 Å². The summed E-state index contributed by atoms with van der Waals surface area (Å²) in [5, 5.41) is 0. The molecule has 1 aliphatic rings. The summed E-state index contributed by atoms with van der Waals surface area (Å²) in [6.45, 7) is 0.279. The molecule has 0 N–H and O–H groups in total. The van der Waals surface area contributed by atoms with E-state index in [9.17, 15) is 27.6 Å². The van der Waals surface area contributed by atoms with Crippen LogP contribution in [0.3, 0.4) is 0 Å². The first kappa shape index (κ1) is 24.0. The molecule has 9 heteroatoms. The second-order valence-electron chi connectivity index (χ2n) is 7.95. The summed E-state index contributed by atoms with van der Waals surface area (Å²) in [5.74, 6) is -1.64. The molecule has 0 bridgehead atoms. The van der Waals surface area contributed by atoms with E-state index in [2.05, 4.69) is 0 Å². The summed E-state index contributed by atoms with van der Waals surface area (Å²) in [6, 6.07) is 16.4. The number of alkyl halides is 3. The van der Waals surface area contributed by atoms with Gasteiger partial charge in [-0.3, -0.25) is 4.79 Å². The highest BCUT2D eigenvalue weighted by Gasteiger charge is 2.37. The third-order valence-electron chi connectivity index (χ3n) is 5.69. The van der Waals surface area contributed by atoms with Crippen molar-refractivity contribution in [1.29, 1.82) is 0 Å². The van der Waals surface area contributed by atoms with Gasteiger partial charge in [-0.2, -0.15) is 13.2 Å². The standard InChI is InChI=1S/C26H20F3NO5/c1-34-25(33)22(30-15-18-5-2-3-8-21(18)23(30)31)13-16-9-11-20(12-10-16)35-24(32)17-6-4-7-19(14-17)26(27,28)29/h2-12,14,22H,13,15H2,1H3. The molecule has 3 aromatic carbocycles. The molecule has 6 nitrogen and oxygen atoms in total. The summed E-state index contributed by atoms with van der Waals surface area (Å²) >= 11 is 0. The van der Waals surface area contributed by atoms with E-state index in [1.54, 1.807) is 24.3 Å². The van der Waals surface area contributed by atoms with Gasteiger partial charge in [0.05, 0.1) is 18.2 Å². The zero-order chi connectivity index (χ0) is 25.2. The maximum Gasteiger partial charge on any atom is 0.416 e. The number of hydrogen-bond acceptors (Lipinski definition) is 5. The molecule has 0 spiro atoms. The molecule has 3 aromatic rings. The maximum atomic E-state index is 12.9. The maximum absolute atomic E-state index is 12.9. The van der Waals surface area contributed by atoms with Crippen molar-refractivity contribution in [3.05, 3.63) is 101 Å². The van der Waals surface area contributed by atoms with Crippen LogP contribution in [-0.4, -0.2) is 35.9 Å². The molecule has 4 rings (SSSR count). The Morgan fingerprint density at radius 2 is 1.71 bits per heavy atom. The van der Waals surface area contributed by atoms with Gasteiger partial charge in [0.2, 0.25) is 0 Å². The van der Waals surface area contributed by atoms with E-state index in [-0.39, 0.29) is 30.2 Å². The molecule has 35 heavy (non-hydrogen) atoms. The summed E-state index contributed by atoms with van der Waals surface area (Å²) in [7, 11) is 1.25. The Morgan fingerprint density at radius 3 is 2.37 bits per heavy atom. The zero-order valence-corrected chi connectivity index (χ0v) is 18.5. The van der Waals surface area contributed by atoms with Crippen molar-refractivity contribution in [2.45, 2.75) is 25.2 Å². The first-order valence-electron chi connectivity index (χ1n) is 10.6. The van der Waals surface area contributed by atoms with Gasteiger partial charge in [-0.25, -0.2) is 9.59 Å². The van der Waals surface area contributed by atoms with Crippen LogP contribution in [0.1, 0.15) is 37.4 Å². The van der Waals surface area contributed by atoms with Gasteiger partial charge >= 0.3 is 18.1 Å². The summed E-state index contributed by atoms with van der Waals surface area (Å²) < 4.78 is 48.8. The number of halogens is 3. The average molecular weight is 483 g/mol. The molecule has 0 saturated carbocycles. The van der Waals surface area contributed by atoms with Crippen LogP contribution in [-0.2, 0) is 28.7 Å². The molecule has 1 aliphatic heterocycles. The Bertz CT molecular complexity index is 1270. The molecule has 0 aromatic heterocycles. The van der Waals surface area contributed by atoms with Crippen LogP contribution >= 0.6 is 0 Å². The van der Waals surface area contributed by atoms with Crippen LogP contribution in [0.5, 0.6) is 5.75 Å². The molecule has 1 atom stereocenters. The minimum Gasteiger partial charge on any atom is -0.467 e. The number of amides is 1. The second-order valence-corrected chi connectivity index (χ2v) is 7.95. The van der Waals surface area contributed by atoms with E-state index in [1.807, 2.05) is 12.1 Å². The number of benzene rings is 3. The fraction of sp³-hybridized carbons (Fsp3) is 0.192. The molecular weight excluding hydrogens is 463 g/mol. The highest BCUT2D eigenvalue weighted by Crippen LogP contribution is 2.30. The third kappa shape index (κ3) is 5.18. The molecular formula is C26H20F3NO5. The van der Waals surface area contributed by atoms with Crippen molar-refractivity contribution in [2.24, 2.45) is 0 Å². The number of hydrogen-bond donors (Lipinski definition) is 0. The van der Waals surface area contributed by atoms with Crippen molar-refractivity contribution < 1.29 is 37.0 Å². The third-order valence-corrected chi connectivity index (χ3v) is 5.69. The van der Waals surface area contributed by atoms with Gasteiger partial charge in [0.1, 0.15) is 11.8 Å². The number of rotatable bonds is 6. The fourth-order valence-corrected chi connectivity index (χ4v) is 3.89. The zero-order valence-electron chi connectivity index (χ0n) is 18.5.